The number of carbonyl (C=O) groups excluding carboxylic acids is 7. The molecular formula is C42H56N6O10. The Morgan fingerprint density at radius 3 is 2.14 bits per heavy atom. The molecule has 16 heteroatoms. The quantitative estimate of drug-likeness (QED) is 0.128. The number of ether oxygens (including phenoxy) is 1. The standard InChI is InChI=1S/C42H56N6O10/c1-24(2)19-30(35(50)39(54)44-22-32(49)46-33(36(43)51)25-13-8-6-9-14-25)45-38(53)31-21-29(58-42(3,4)5)23-48(31)40(55)34(26-15-10-7-11-16-26)47-37(52)27-17-12-18-28(20-27)41(56)57/h6,8-9,12-14,17-18,20,24,26,29-31,33-34H,7,10-11,15-16,19,21-23H2,1-5H3,(H2,43,51)(H,44,54)(H,45,53)(H,46,49)(H,47,52)(H,56,57). The molecule has 1 saturated carbocycles. The van der Waals surface area contributed by atoms with Crippen LogP contribution in [0.1, 0.15) is 112 Å². The van der Waals surface area contributed by atoms with Gasteiger partial charge < -0.3 is 41.7 Å². The average molecular weight is 805 g/mol. The fourth-order valence-electron chi connectivity index (χ4n) is 7.47. The first kappa shape index (κ1) is 45.1. The van der Waals surface area contributed by atoms with Crippen LogP contribution in [-0.4, -0.2) is 100 Å². The summed E-state index contributed by atoms with van der Waals surface area (Å²) in [5, 5.41) is 19.7. The van der Waals surface area contributed by atoms with Gasteiger partial charge in [0.25, 0.3) is 11.8 Å². The topological polar surface area (TPSA) is 243 Å². The van der Waals surface area contributed by atoms with Crippen LogP contribution < -0.4 is 27.0 Å². The molecule has 5 unspecified atom stereocenters. The number of hydrogen-bond donors (Lipinski definition) is 6. The van der Waals surface area contributed by atoms with Gasteiger partial charge in [-0.2, -0.15) is 0 Å². The molecule has 1 aliphatic carbocycles. The summed E-state index contributed by atoms with van der Waals surface area (Å²) in [5.41, 5.74) is 5.24. The number of benzene rings is 2. The van der Waals surface area contributed by atoms with Gasteiger partial charge in [0.15, 0.2) is 0 Å². The highest BCUT2D eigenvalue weighted by Crippen LogP contribution is 2.31. The van der Waals surface area contributed by atoms with E-state index in [9.17, 15) is 43.5 Å². The lowest BCUT2D eigenvalue weighted by molar-refractivity contribution is -0.143. The third-order valence-electron chi connectivity index (χ3n) is 10.1. The molecule has 2 fully saturated rings. The Labute approximate surface area is 338 Å². The molecule has 16 nitrogen and oxygen atoms in total. The average Bonchev–Trinajstić information content (AvgIpc) is 3.60. The molecule has 0 spiro atoms. The number of Topliss-reactive ketones (excluding diaryl/α,β-unsaturated/α-hetero) is 1. The SMILES string of the molecule is CC(C)CC(NC(=O)C1CC(OC(C)(C)C)CN1C(=O)C(NC(=O)c1cccc(C(=O)O)c1)C1CCCCC1)C(=O)C(=O)NCC(=O)NC(C(N)=O)c1ccccc1. The summed E-state index contributed by atoms with van der Waals surface area (Å²) in [5.74, 6) is -7.26. The van der Waals surface area contributed by atoms with E-state index in [1.165, 1.54) is 29.2 Å². The largest absolute Gasteiger partial charge is 0.478 e. The molecule has 2 aromatic carbocycles. The Hall–Kier alpha value is -5.64. The van der Waals surface area contributed by atoms with Crippen molar-refractivity contribution >= 4 is 47.2 Å². The molecule has 58 heavy (non-hydrogen) atoms. The lowest BCUT2D eigenvalue weighted by Crippen LogP contribution is -2.58. The number of nitrogens with zero attached hydrogens (tertiary/aromatic N) is 1. The highest BCUT2D eigenvalue weighted by atomic mass is 16.5. The molecular weight excluding hydrogens is 748 g/mol. The Kier molecular flexibility index (Phi) is 15.7. The van der Waals surface area contributed by atoms with Crippen molar-refractivity contribution in [1.29, 1.82) is 0 Å². The number of rotatable bonds is 17. The van der Waals surface area contributed by atoms with Crippen LogP contribution in [0, 0.1) is 11.8 Å². The fraction of sp³-hybridized carbons (Fsp3) is 0.524. The number of carbonyl (C=O) groups is 8. The van der Waals surface area contributed by atoms with Crippen LogP contribution in [0.25, 0.3) is 0 Å². The van der Waals surface area contributed by atoms with Crippen molar-refractivity contribution in [1.82, 2.24) is 26.2 Å². The minimum absolute atomic E-state index is 0.00937. The zero-order valence-electron chi connectivity index (χ0n) is 33.7. The first-order chi connectivity index (χ1) is 27.3. The summed E-state index contributed by atoms with van der Waals surface area (Å²) >= 11 is 0. The molecule has 6 amide bonds. The van der Waals surface area contributed by atoms with E-state index in [1.54, 1.807) is 44.2 Å². The van der Waals surface area contributed by atoms with Gasteiger partial charge in [-0.05, 0) is 75.6 Å². The summed E-state index contributed by atoms with van der Waals surface area (Å²) in [6.07, 6.45) is 3.46. The summed E-state index contributed by atoms with van der Waals surface area (Å²) in [4.78, 5) is 107. The number of nitrogens with two attached hydrogens (primary N) is 1. The number of amides is 6. The van der Waals surface area contributed by atoms with Crippen molar-refractivity contribution in [2.45, 2.75) is 115 Å². The number of ketones is 1. The van der Waals surface area contributed by atoms with Crippen LogP contribution in [0.2, 0.25) is 0 Å². The number of hydrogen-bond acceptors (Lipinski definition) is 9. The fourth-order valence-corrected chi connectivity index (χ4v) is 7.47. The zero-order valence-corrected chi connectivity index (χ0v) is 33.7. The second-order valence-electron chi connectivity index (χ2n) is 16.4. The van der Waals surface area contributed by atoms with Crippen LogP contribution in [0.5, 0.6) is 0 Å². The van der Waals surface area contributed by atoms with E-state index in [2.05, 4.69) is 21.3 Å². The number of carboxylic acid groups (broad SMARTS) is 1. The second-order valence-corrected chi connectivity index (χ2v) is 16.4. The molecule has 4 rings (SSSR count). The molecule has 0 aromatic heterocycles. The number of aromatic carboxylic acids is 1. The highest BCUT2D eigenvalue weighted by molar-refractivity contribution is 6.38. The molecule has 2 aromatic rings. The minimum atomic E-state index is -1.33. The van der Waals surface area contributed by atoms with Crippen LogP contribution in [0.4, 0.5) is 0 Å². The first-order valence-electron chi connectivity index (χ1n) is 19.7. The van der Waals surface area contributed by atoms with Gasteiger partial charge in [0.1, 0.15) is 18.1 Å². The third-order valence-corrected chi connectivity index (χ3v) is 10.1. The van der Waals surface area contributed by atoms with E-state index in [0.717, 1.165) is 19.3 Å². The molecule has 314 valence electrons. The molecule has 1 saturated heterocycles. The monoisotopic (exact) mass is 804 g/mol. The van der Waals surface area contributed by atoms with Gasteiger partial charge in [-0.15, -0.1) is 0 Å². The summed E-state index contributed by atoms with van der Waals surface area (Å²) in [7, 11) is 0. The zero-order chi connectivity index (χ0) is 42.7. The summed E-state index contributed by atoms with van der Waals surface area (Å²) in [6.45, 7) is 8.48. The van der Waals surface area contributed by atoms with E-state index in [4.69, 9.17) is 10.5 Å². The Morgan fingerprint density at radius 2 is 1.53 bits per heavy atom. The van der Waals surface area contributed by atoms with E-state index in [1.807, 2.05) is 20.8 Å². The smallest absolute Gasteiger partial charge is 0.335 e. The maximum atomic E-state index is 14.7. The Bertz CT molecular complexity index is 1840. The van der Waals surface area contributed by atoms with Gasteiger partial charge in [-0.25, -0.2) is 4.79 Å². The Morgan fingerprint density at radius 1 is 0.879 bits per heavy atom. The van der Waals surface area contributed by atoms with Crippen LogP contribution in [-0.2, 0) is 33.5 Å². The number of primary amides is 1. The van der Waals surface area contributed by atoms with Crippen molar-refractivity contribution in [3.63, 3.8) is 0 Å². The summed E-state index contributed by atoms with van der Waals surface area (Å²) in [6, 6.07) is 9.06. The molecule has 1 aliphatic heterocycles. The van der Waals surface area contributed by atoms with Crippen molar-refractivity contribution in [3.05, 3.63) is 71.3 Å². The lowest BCUT2D eigenvalue weighted by Gasteiger charge is -2.35. The molecule has 2 aliphatic rings. The molecule has 0 radical (unpaired) electrons. The van der Waals surface area contributed by atoms with Crippen molar-refractivity contribution < 1.29 is 48.2 Å². The summed E-state index contributed by atoms with van der Waals surface area (Å²) < 4.78 is 6.24. The minimum Gasteiger partial charge on any atom is -0.478 e. The van der Waals surface area contributed by atoms with E-state index >= 15 is 0 Å². The van der Waals surface area contributed by atoms with Crippen molar-refractivity contribution in [3.8, 4) is 0 Å². The van der Waals surface area contributed by atoms with Gasteiger partial charge in [0.05, 0.1) is 29.9 Å². The van der Waals surface area contributed by atoms with Crippen molar-refractivity contribution in [2.75, 3.05) is 13.1 Å². The first-order valence-corrected chi connectivity index (χ1v) is 19.7. The van der Waals surface area contributed by atoms with Gasteiger partial charge in [0, 0.05) is 18.5 Å². The Balaban J connectivity index is 1.53. The molecule has 0 bridgehead atoms. The number of carboxylic acids is 1. The number of nitrogens with one attached hydrogen (secondary N) is 4. The van der Waals surface area contributed by atoms with Gasteiger partial charge in [-0.3, -0.25) is 33.6 Å². The van der Waals surface area contributed by atoms with Crippen LogP contribution in [0.3, 0.4) is 0 Å². The number of likely N-dealkylation sites (tertiary alicyclic amines) is 1. The van der Waals surface area contributed by atoms with Crippen LogP contribution in [0.15, 0.2) is 54.6 Å². The van der Waals surface area contributed by atoms with Crippen LogP contribution >= 0.6 is 0 Å². The lowest BCUT2D eigenvalue weighted by atomic mass is 9.83. The second kappa shape index (κ2) is 20.2. The maximum absolute atomic E-state index is 14.7. The normalized spacial score (nSPS) is 18.7. The third kappa shape index (κ3) is 12.7. The van der Waals surface area contributed by atoms with E-state index in [0.29, 0.717) is 18.4 Å². The van der Waals surface area contributed by atoms with Gasteiger partial charge >= 0.3 is 5.97 Å². The predicted molar refractivity (Wildman–Crippen MR) is 212 cm³/mol. The molecule has 7 N–H and O–H groups in total. The van der Waals surface area contributed by atoms with E-state index in [-0.39, 0.29) is 42.3 Å². The van der Waals surface area contributed by atoms with Gasteiger partial charge in [0.2, 0.25) is 29.4 Å². The van der Waals surface area contributed by atoms with Gasteiger partial charge in [-0.1, -0.05) is 69.5 Å². The maximum Gasteiger partial charge on any atom is 0.335 e. The molecule has 5 atom stereocenters. The van der Waals surface area contributed by atoms with E-state index < -0.39 is 89.6 Å². The molecule has 1 heterocycles. The highest BCUT2D eigenvalue weighted by Gasteiger charge is 2.46. The predicted octanol–water partition coefficient (Wildman–Crippen LogP) is 2.41. The van der Waals surface area contributed by atoms with Crippen molar-refractivity contribution in [2.24, 2.45) is 17.6 Å².